The molecule has 1 aromatic carbocycles. The van der Waals surface area contributed by atoms with Crippen molar-refractivity contribution in [3.05, 3.63) is 41.3 Å². The van der Waals surface area contributed by atoms with Crippen LogP contribution >= 0.6 is 0 Å². The first-order valence-electron chi connectivity index (χ1n) is 10.8. The third-order valence-electron chi connectivity index (χ3n) is 6.10. The molecule has 4 aromatic rings. The normalized spacial score (nSPS) is 17.2. The van der Waals surface area contributed by atoms with Gasteiger partial charge in [0.1, 0.15) is 0 Å². The Kier molecular flexibility index (Phi) is 4.92. The van der Waals surface area contributed by atoms with Gasteiger partial charge in [-0.2, -0.15) is 15.3 Å². The van der Waals surface area contributed by atoms with E-state index in [9.17, 15) is 0 Å². The highest BCUT2D eigenvalue weighted by Crippen LogP contribution is 2.33. The topological polar surface area (TPSA) is 82.8 Å². The average molecular weight is 421 g/mol. The second-order valence-electron chi connectivity index (χ2n) is 8.47. The summed E-state index contributed by atoms with van der Waals surface area (Å²) < 4.78 is 16.1. The van der Waals surface area contributed by atoms with Crippen molar-refractivity contribution in [1.29, 1.82) is 0 Å². The standard InChI is InChI=1S/C23H28N6O2/c1-14-9-10-30-23-19(12-24-28(23)3)16-5-7-20-18(11-16)21(26-25-20)8-6-17-15(2)27-29(4)22(17)31-13-14/h5,7,11-12,14H,6,8-10,13H2,1-4H3,(H,25,26). The molecule has 5 rings (SSSR count). The predicted molar refractivity (Wildman–Crippen MR) is 118 cm³/mol. The molecule has 0 saturated carbocycles. The zero-order valence-electron chi connectivity index (χ0n) is 18.5. The molecular formula is C23H28N6O2. The minimum absolute atomic E-state index is 0.350. The number of ether oxygens (including phenoxy) is 2. The fraction of sp³-hybridized carbons (Fsp3) is 0.435. The lowest BCUT2D eigenvalue weighted by molar-refractivity contribution is 0.200. The summed E-state index contributed by atoms with van der Waals surface area (Å²) in [6, 6.07) is 6.32. The molecule has 0 aliphatic carbocycles. The van der Waals surface area contributed by atoms with Crippen LogP contribution in [0.2, 0.25) is 0 Å². The molecule has 2 bridgehead atoms. The highest BCUT2D eigenvalue weighted by molar-refractivity contribution is 5.87. The lowest BCUT2D eigenvalue weighted by Crippen LogP contribution is -2.15. The molecule has 1 aliphatic heterocycles. The van der Waals surface area contributed by atoms with Crippen molar-refractivity contribution in [3.8, 4) is 22.9 Å². The highest BCUT2D eigenvalue weighted by atomic mass is 16.5. The first-order valence-corrected chi connectivity index (χ1v) is 10.8. The number of nitrogens with zero attached hydrogens (tertiary/aromatic N) is 5. The van der Waals surface area contributed by atoms with E-state index in [0.717, 1.165) is 70.0 Å². The van der Waals surface area contributed by atoms with Crippen LogP contribution in [-0.4, -0.2) is 43.0 Å². The van der Waals surface area contributed by atoms with Crippen molar-refractivity contribution in [2.45, 2.75) is 33.1 Å². The summed E-state index contributed by atoms with van der Waals surface area (Å²) >= 11 is 0. The summed E-state index contributed by atoms with van der Waals surface area (Å²) in [4.78, 5) is 0. The largest absolute Gasteiger partial charge is 0.477 e. The van der Waals surface area contributed by atoms with Gasteiger partial charge < -0.3 is 9.47 Å². The van der Waals surface area contributed by atoms with Gasteiger partial charge in [-0.3, -0.25) is 5.10 Å². The van der Waals surface area contributed by atoms with Gasteiger partial charge in [0, 0.05) is 30.7 Å². The first-order chi connectivity index (χ1) is 15.0. The third kappa shape index (κ3) is 3.56. The quantitative estimate of drug-likeness (QED) is 0.470. The Bertz CT molecular complexity index is 1230. The lowest BCUT2D eigenvalue weighted by Gasteiger charge is -2.16. The van der Waals surface area contributed by atoms with Crippen molar-refractivity contribution < 1.29 is 9.47 Å². The number of aromatic amines is 1. The molecule has 8 heteroatoms. The number of benzene rings is 1. The van der Waals surface area contributed by atoms with Gasteiger partial charge in [0.25, 0.3) is 0 Å². The number of aromatic nitrogens is 6. The third-order valence-corrected chi connectivity index (χ3v) is 6.10. The molecule has 0 amide bonds. The Balaban J connectivity index is 1.58. The van der Waals surface area contributed by atoms with Crippen LogP contribution in [0.25, 0.3) is 22.0 Å². The summed E-state index contributed by atoms with van der Waals surface area (Å²) in [6.07, 6.45) is 4.43. The molecule has 31 heavy (non-hydrogen) atoms. The van der Waals surface area contributed by atoms with Crippen molar-refractivity contribution in [3.63, 3.8) is 0 Å². The number of hydrogen-bond donors (Lipinski definition) is 1. The molecule has 3 aromatic heterocycles. The summed E-state index contributed by atoms with van der Waals surface area (Å²) in [5, 5.41) is 17.9. The second-order valence-corrected chi connectivity index (χ2v) is 8.47. The van der Waals surface area contributed by atoms with E-state index >= 15 is 0 Å². The smallest absolute Gasteiger partial charge is 0.219 e. The molecule has 8 nitrogen and oxygen atoms in total. The number of rotatable bonds is 0. The van der Waals surface area contributed by atoms with E-state index in [0.29, 0.717) is 19.1 Å². The van der Waals surface area contributed by atoms with Crippen LogP contribution in [0.1, 0.15) is 30.3 Å². The number of hydrogen-bond acceptors (Lipinski definition) is 5. The molecule has 0 fully saturated rings. The number of nitrogens with one attached hydrogen (secondary N) is 1. The molecule has 1 atom stereocenters. The Morgan fingerprint density at radius 3 is 2.84 bits per heavy atom. The maximum absolute atomic E-state index is 6.23. The van der Waals surface area contributed by atoms with Gasteiger partial charge in [-0.25, -0.2) is 9.36 Å². The first kappa shape index (κ1) is 19.7. The second kappa shape index (κ2) is 7.76. The van der Waals surface area contributed by atoms with Gasteiger partial charge in [-0.05, 0) is 49.8 Å². The predicted octanol–water partition coefficient (Wildman–Crippen LogP) is 3.59. The van der Waals surface area contributed by atoms with E-state index in [1.165, 1.54) is 0 Å². The molecule has 1 aliphatic rings. The van der Waals surface area contributed by atoms with Gasteiger partial charge in [-0.1, -0.05) is 13.0 Å². The fourth-order valence-corrected chi connectivity index (χ4v) is 4.28. The average Bonchev–Trinajstić information content (AvgIpc) is 3.39. The Morgan fingerprint density at radius 1 is 1.10 bits per heavy atom. The van der Waals surface area contributed by atoms with E-state index in [1.807, 2.05) is 31.9 Å². The lowest BCUT2D eigenvalue weighted by atomic mass is 10.0. The zero-order chi connectivity index (χ0) is 21.5. The van der Waals surface area contributed by atoms with E-state index < -0.39 is 0 Å². The number of aryl methyl sites for hydroxylation is 4. The molecule has 1 unspecified atom stereocenters. The summed E-state index contributed by atoms with van der Waals surface area (Å²) in [5.74, 6) is 1.99. The van der Waals surface area contributed by atoms with Crippen molar-refractivity contribution >= 4 is 10.9 Å². The van der Waals surface area contributed by atoms with Crippen molar-refractivity contribution in [2.24, 2.45) is 20.0 Å². The summed E-state index contributed by atoms with van der Waals surface area (Å²) in [6.45, 7) is 5.46. The molecule has 0 spiro atoms. The molecule has 0 radical (unpaired) electrons. The van der Waals surface area contributed by atoms with Gasteiger partial charge in [0.05, 0.1) is 36.2 Å². The van der Waals surface area contributed by atoms with Crippen LogP contribution in [0.5, 0.6) is 11.8 Å². The van der Waals surface area contributed by atoms with Gasteiger partial charge in [0.15, 0.2) is 0 Å². The molecule has 162 valence electrons. The monoisotopic (exact) mass is 420 g/mol. The number of fused-ring (bicyclic) bond motifs is 4. The van der Waals surface area contributed by atoms with E-state index in [2.05, 4.69) is 45.5 Å². The van der Waals surface area contributed by atoms with Crippen LogP contribution in [0.15, 0.2) is 24.4 Å². The molecular weight excluding hydrogens is 392 g/mol. The Morgan fingerprint density at radius 2 is 1.97 bits per heavy atom. The molecule has 1 N–H and O–H groups in total. The van der Waals surface area contributed by atoms with Gasteiger partial charge in [-0.15, -0.1) is 0 Å². The van der Waals surface area contributed by atoms with E-state index in [4.69, 9.17) is 9.47 Å². The van der Waals surface area contributed by atoms with Crippen molar-refractivity contribution in [2.75, 3.05) is 13.2 Å². The highest BCUT2D eigenvalue weighted by Gasteiger charge is 2.19. The van der Waals surface area contributed by atoms with Crippen LogP contribution in [0, 0.1) is 12.8 Å². The summed E-state index contributed by atoms with van der Waals surface area (Å²) in [7, 11) is 3.86. The van der Waals surface area contributed by atoms with E-state index in [1.54, 1.807) is 4.68 Å². The maximum Gasteiger partial charge on any atom is 0.219 e. The minimum atomic E-state index is 0.350. The van der Waals surface area contributed by atoms with Crippen LogP contribution in [0.4, 0.5) is 0 Å². The molecule has 0 saturated heterocycles. The summed E-state index contributed by atoms with van der Waals surface area (Å²) in [5.41, 5.74) is 6.32. The minimum Gasteiger partial charge on any atom is -0.477 e. The zero-order valence-corrected chi connectivity index (χ0v) is 18.5. The van der Waals surface area contributed by atoms with E-state index in [-0.39, 0.29) is 0 Å². The Labute approximate surface area is 181 Å². The molecule has 4 heterocycles. The SMILES string of the molecule is Cc1nn(C)c2c1CCc1[nH]nc3ccc(cc13)-c1cnn(C)c1OCCC(C)CO2. The Hall–Kier alpha value is -3.29. The van der Waals surface area contributed by atoms with Crippen LogP contribution < -0.4 is 9.47 Å². The van der Waals surface area contributed by atoms with Crippen molar-refractivity contribution in [1.82, 2.24) is 29.8 Å². The maximum atomic E-state index is 6.23. The fourth-order valence-electron chi connectivity index (χ4n) is 4.28. The van der Waals surface area contributed by atoms with Crippen LogP contribution in [0.3, 0.4) is 0 Å². The van der Waals surface area contributed by atoms with Gasteiger partial charge in [0.2, 0.25) is 11.8 Å². The van der Waals surface area contributed by atoms with Crippen LogP contribution in [-0.2, 0) is 26.9 Å². The van der Waals surface area contributed by atoms with Gasteiger partial charge >= 0.3 is 0 Å². The number of H-pyrrole nitrogens is 1.